The summed E-state index contributed by atoms with van der Waals surface area (Å²) in [6.45, 7) is 10.2. The van der Waals surface area contributed by atoms with Crippen LogP contribution >= 0.6 is 0 Å². The minimum atomic E-state index is 0.757. The molecule has 78 valence electrons. The summed E-state index contributed by atoms with van der Waals surface area (Å²) in [6, 6.07) is 0. The van der Waals surface area contributed by atoms with Crippen LogP contribution in [0.2, 0.25) is 0 Å². The first kappa shape index (κ1) is 12.7. The van der Waals surface area contributed by atoms with Crippen molar-refractivity contribution >= 4 is 0 Å². The highest BCUT2D eigenvalue weighted by atomic mass is 15.0. The lowest BCUT2D eigenvalue weighted by molar-refractivity contribution is 0.368. The first-order valence-corrected chi connectivity index (χ1v) is 5.32. The monoisotopic (exact) mass is 183 g/mol. The molecule has 0 aromatic rings. The second kappa shape index (κ2) is 6.20. The Balaban J connectivity index is 4.36. The van der Waals surface area contributed by atoms with Crippen molar-refractivity contribution < 1.29 is 0 Å². The van der Waals surface area contributed by atoms with E-state index in [1.165, 1.54) is 6.42 Å². The Morgan fingerprint density at radius 2 is 1.85 bits per heavy atom. The number of hydrogen-bond acceptors (Lipinski definition) is 1. The molecule has 13 heavy (non-hydrogen) atoms. The second-order valence-electron chi connectivity index (χ2n) is 4.36. The number of likely N-dealkylation sites (N-methyl/N-ethyl adjacent to an activating group) is 1. The third-order valence-electron chi connectivity index (χ3n) is 2.59. The summed E-state index contributed by atoms with van der Waals surface area (Å²) < 4.78 is 0. The maximum atomic E-state index is 2.31. The van der Waals surface area contributed by atoms with Gasteiger partial charge in [0.15, 0.2) is 0 Å². The molecule has 0 aromatic heterocycles. The summed E-state index contributed by atoms with van der Waals surface area (Å²) in [7, 11) is 4.27. The Hall–Kier alpha value is -0.300. The average molecular weight is 183 g/mol. The van der Waals surface area contributed by atoms with Crippen LogP contribution in [-0.2, 0) is 0 Å². The molecule has 1 unspecified atom stereocenters. The lowest BCUT2D eigenvalue weighted by Crippen LogP contribution is -2.22. The SMILES string of the molecule is C/C=C(\CN(C)C)C(CC)C(C)C. The predicted molar refractivity (Wildman–Crippen MR) is 60.9 cm³/mol. The summed E-state index contributed by atoms with van der Waals surface area (Å²) in [4.78, 5) is 2.25. The molecule has 0 heterocycles. The first-order chi connectivity index (χ1) is 6.02. The van der Waals surface area contributed by atoms with Crippen molar-refractivity contribution in [1.29, 1.82) is 0 Å². The van der Waals surface area contributed by atoms with E-state index in [2.05, 4.69) is 52.8 Å². The molecule has 0 saturated heterocycles. The predicted octanol–water partition coefficient (Wildman–Crippen LogP) is 3.18. The van der Waals surface area contributed by atoms with Gasteiger partial charge in [0.2, 0.25) is 0 Å². The van der Waals surface area contributed by atoms with Crippen molar-refractivity contribution in [2.45, 2.75) is 34.1 Å². The van der Waals surface area contributed by atoms with Gasteiger partial charge in [-0.05, 0) is 39.3 Å². The van der Waals surface area contributed by atoms with Gasteiger partial charge in [0.05, 0.1) is 0 Å². The van der Waals surface area contributed by atoms with E-state index >= 15 is 0 Å². The van der Waals surface area contributed by atoms with Crippen molar-refractivity contribution in [1.82, 2.24) is 4.90 Å². The molecular formula is C12H25N. The van der Waals surface area contributed by atoms with Gasteiger partial charge in [-0.1, -0.05) is 32.4 Å². The van der Waals surface area contributed by atoms with Crippen LogP contribution in [-0.4, -0.2) is 25.5 Å². The van der Waals surface area contributed by atoms with Crippen molar-refractivity contribution in [3.05, 3.63) is 11.6 Å². The highest BCUT2D eigenvalue weighted by molar-refractivity contribution is 5.08. The Kier molecular flexibility index (Phi) is 6.06. The van der Waals surface area contributed by atoms with Crippen molar-refractivity contribution in [2.24, 2.45) is 11.8 Å². The molecule has 0 rings (SSSR count). The van der Waals surface area contributed by atoms with Crippen LogP contribution in [0.25, 0.3) is 0 Å². The maximum absolute atomic E-state index is 2.31. The standard InChI is InChI=1S/C12H25N/c1-7-11(9-13(5)6)12(8-2)10(3)4/h7,10,12H,8-9H2,1-6H3/b11-7+. The van der Waals surface area contributed by atoms with Crippen molar-refractivity contribution in [3.63, 3.8) is 0 Å². The first-order valence-electron chi connectivity index (χ1n) is 5.32. The van der Waals surface area contributed by atoms with Crippen LogP contribution < -0.4 is 0 Å². The van der Waals surface area contributed by atoms with Gasteiger partial charge in [0.25, 0.3) is 0 Å². The molecule has 0 amide bonds. The van der Waals surface area contributed by atoms with Crippen LogP contribution in [0.15, 0.2) is 11.6 Å². The van der Waals surface area contributed by atoms with Crippen LogP contribution in [0.3, 0.4) is 0 Å². The minimum Gasteiger partial charge on any atom is -0.305 e. The van der Waals surface area contributed by atoms with Gasteiger partial charge in [0, 0.05) is 6.54 Å². The second-order valence-corrected chi connectivity index (χ2v) is 4.36. The van der Waals surface area contributed by atoms with Crippen LogP contribution in [0.1, 0.15) is 34.1 Å². The lowest BCUT2D eigenvalue weighted by atomic mass is 9.85. The third kappa shape index (κ3) is 4.47. The molecule has 0 radical (unpaired) electrons. The third-order valence-corrected chi connectivity index (χ3v) is 2.59. The summed E-state index contributed by atoms with van der Waals surface area (Å²) in [6.07, 6.45) is 3.54. The van der Waals surface area contributed by atoms with E-state index < -0.39 is 0 Å². The van der Waals surface area contributed by atoms with Gasteiger partial charge in [0.1, 0.15) is 0 Å². The van der Waals surface area contributed by atoms with Crippen molar-refractivity contribution in [3.8, 4) is 0 Å². The maximum Gasteiger partial charge on any atom is 0.0189 e. The molecule has 0 bridgehead atoms. The fraction of sp³-hybridized carbons (Fsp3) is 0.833. The quantitative estimate of drug-likeness (QED) is 0.592. The lowest BCUT2D eigenvalue weighted by Gasteiger charge is -2.25. The molecule has 0 spiro atoms. The zero-order valence-electron chi connectivity index (χ0n) is 10.1. The van der Waals surface area contributed by atoms with Gasteiger partial charge in [-0.25, -0.2) is 0 Å². The van der Waals surface area contributed by atoms with Crippen LogP contribution in [0, 0.1) is 11.8 Å². The fourth-order valence-electron chi connectivity index (χ4n) is 1.95. The van der Waals surface area contributed by atoms with E-state index in [-0.39, 0.29) is 0 Å². The van der Waals surface area contributed by atoms with E-state index in [1.54, 1.807) is 5.57 Å². The van der Waals surface area contributed by atoms with E-state index in [0.29, 0.717) is 0 Å². The molecule has 1 nitrogen and oxygen atoms in total. The summed E-state index contributed by atoms with van der Waals surface area (Å²) >= 11 is 0. The Bertz CT molecular complexity index is 157. The highest BCUT2D eigenvalue weighted by Gasteiger charge is 2.15. The van der Waals surface area contributed by atoms with E-state index in [9.17, 15) is 0 Å². The molecule has 0 aromatic carbocycles. The fourth-order valence-corrected chi connectivity index (χ4v) is 1.95. The van der Waals surface area contributed by atoms with Gasteiger partial charge >= 0.3 is 0 Å². The molecule has 0 aliphatic heterocycles. The normalized spacial score (nSPS) is 15.5. The van der Waals surface area contributed by atoms with Gasteiger partial charge < -0.3 is 4.90 Å². The summed E-state index contributed by atoms with van der Waals surface area (Å²) in [5, 5.41) is 0. The zero-order chi connectivity index (χ0) is 10.4. The van der Waals surface area contributed by atoms with E-state index in [0.717, 1.165) is 18.4 Å². The van der Waals surface area contributed by atoms with E-state index in [4.69, 9.17) is 0 Å². The average Bonchev–Trinajstić information content (AvgIpc) is 2.02. The Morgan fingerprint density at radius 3 is 2.08 bits per heavy atom. The molecule has 0 N–H and O–H groups in total. The molecule has 0 saturated carbocycles. The Labute approximate surface area is 83.8 Å². The van der Waals surface area contributed by atoms with Crippen molar-refractivity contribution in [2.75, 3.05) is 20.6 Å². The minimum absolute atomic E-state index is 0.757. The molecular weight excluding hydrogens is 158 g/mol. The largest absolute Gasteiger partial charge is 0.305 e. The summed E-state index contributed by atoms with van der Waals surface area (Å²) in [5.41, 5.74) is 1.59. The molecule has 0 fully saturated rings. The van der Waals surface area contributed by atoms with Crippen LogP contribution in [0.4, 0.5) is 0 Å². The number of allylic oxidation sites excluding steroid dienone is 1. The topological polar surface area (TPSA) is 3.24 Å². The molecule has 0 aliphatic carbocycles. The number of hydrogen-bond donors (Lipinski definition) is 0. The van der Waals surface area contributed by atoms with Crippen LogP contribution in [0.5, 0.6) is 0 Å². The molecule has 1 atom stereocenters. The van der Waals surface area contributed by atoms with Gasteiger partial charge in [-0.15, -0.1) is 0 Å². The summed E-state index contributed by atoms with van der Waals surface area (Å²) in [5.74, 6) is 1.52. The smallest absolute Gasteiger partial charge is 0.0189 e. The molecule has 0 aliphatic rings. The number of rotatable bonds is 5. The molecule has 1 heteroatoms. The number of nitrogens with zero attached hydrogens (tertiary/aromatic N) is 1. The highest BCUT2D eigenvalue weighted by Crippen LogP contribution is 2.24. The van der Waals surface area contributed by atoms with E-state index in [1.807, 2.05) is 0 Å². The van der Waals surface area contributed by atoms with Gasteiger partial charge in [-0.3, -0.25) is 0 Å². The Morgan fingerprint density at radius 1 is 1.31 bits per heavy atom. The van der Waals surface area contributed by atoms with Gasteiger partial charge in [-0.2, -0.15) is 0 Å². The zero-order valence-corrected chi connectivity index (χ0v) is 10.1.